The van der Waals surface area contributed by atoms with E-state index in [0.717, 1.165) is 42.4 Å². The summed E-state index contributed by atoms with van der Waals surface area (Å²) in [6.07, 6.45) is 4.51. The third-order valence-corrected chi connectivity index (χ3v) is 5.49. The quantitative estimate of drug-likeness (QED) is 0.536. The van der Waals surface area contributed by atoms with Crippen LogP contribution in [0.5, 0.6) is 11.5 Å². The fraction of sp³-hybridized carbons (Fsp3) is 0.333. The van der Waals surface area contributed by atoms with Crippen LogP contribution in [0.3, 0.4) is 0 Å². The molecule has 2 heterocycles. The molecule has 152 valence electrons. The van der Waals surface area contributed by atoms with Crippen molar-refractivity contribution in [1.82, 2.24) is 15.3 Å². The lowest BCUT2D eigenvalue weighted by molar-refractivity contribution is 0.303. The molecule has 4 rings (SSSR count). The minimum absolute atomic E-state index is 0.296. The van der Waals surface area contributed by atoms with Crippen molar-refractivity contribution in [3.8, 4) is 11.5 Å². The Morgan fingerprint density at radius 1 is 1.14 bits per heavy atom. The Morgan fingerprint density at radius 2 is 2.03 bits per heavy atom. The van der Waals surface area contributed by atoms with Gasteiger partial charge in [0.1, 0.15) is 35.0 Å². The number of hydrogen-bond donors (Lipinski definition) is 2. The van der Waals surface area contributed by atoms with E-state index in [0.29, 0.717) is 40.5 Å². The average Bonchev–Trinajstić information content (AvgIpc) is 2.73. The summed E-state index contributed by atoms with van der Waals surface area (Å²) in [5.41, 5.74) is 2.28. The zero-order chi connectivity index (χ0) is 20.2. The molecule has 29 heavy (non-hydrogen) atoms. The predicted octanol–water partition coefficient (Wildman–Crippen LogP) is 4.94. The first-order valence-corrected chi connectivity index (χ1v) is 10.4. The van der Waals surface area contributed by atoms with Crippen molar-refractivity contribution in [1.29, 1.82) is 0 Å². The lowest BCUT2D eigenvalue weighted by Gasteiger charge is -2.16. The number of benzene rings is 2. The third-order valence-electron chi connectivity index (χ3n) is 4.88. The van der Waals surface area contributed by atoms with Gasteiger partial charge in [-0.15, -0.1) is 0 Å². The van der Waals surface area contributed by atoms with E-state index < -0.39 is 0 Å². The van der Waals surface area contributed by atoms with Crippen LogP contribution in [0.4, 0.5) is 15.9 Å². The monoisotopic (exact) mass is 460 g/mol. The number of anilines is 2. The molecule has 0 saturated carbocycles. The molecule has 0 atom stereocenters. The highest BCUT2D eigenvalue weighted by atomic mass is 79.9. The molecule has 0 spiro atoms. The van der Waals surface area contributed by atoms with Gasteiger partial charge in [0.2, 0.25) is 0 Å². The van der Waals surface area contributed by atoms with Crippen LogP contribution >= 0.6 is 15.9 Å². The maximum absolute atomic E-state index is 14.2. The molecule has 0 saturated heterocycles. The molecule has 0 aliphatic carbocycles. The summed E-state index contributed by atoms with van der Waals surface area (Å²) < 4.78 is 26.0. The molecular formula is C21H22BrFN4O2. The van der Waals surface area contributed by atoms with E-state index in [1.807, 2.05) is 12.1 Å². The van der Waals surface area contributed by atoms with Gasteiger partial charge in [-0.3, -0.25) is 0 Å². The zero-order valence-corrected chi connectivity index (χ0v) is 17.7. The van der Waals surface area contributed by atoms with Gasteiger partial charge in [-0.05, 0) is 65.5 Å². The van der Waals surface area contributed by atoms with Crippen molar-refractivity contribution in [3.63, 3.8) is 0 Å². The molecule has 0 radical (unpaired) electrons. The van der Waals surface area contributed by atoms with Crippen molar-refractivity contribution in [2.45, 2.75) is 25.8 Å². The Bertz CT molecular complexity index is 1030. The van der Waals surface area contributed by atoms with Crippen LogP contribution in [0.25, 0.3) is 10.9 Å². The lowest BCUT2D eigenvalue weighted by atomic mass is 10.1. The van der Waals surface area contributed by atoms with Crippen LogP contribution in [-0.2, 0) is 6.54 Å². The summed E-state index contributed by atoms with van der Waals surface area (Å²) in [6, 6.07) is 7.03. The maximum atomic E-state index is 14.2. The van der Waals surface area contributed by atoms with Crippen molar-refractivity contribution in [2.75, 3.05) is 25.6 Å². The Morgan fingerprint density at radius 3 is 2.90 bits per heavy atom. The molecule has 3 aromatic rings. The average molecular weight is 461 g/mol. The SMILES string of the molecule is COc1cc2cc3c(ncnc13)Nc1cc(Br)c(F)cc1CNCCCCCO2. The summed E-state index contributed by atoms with van der Waals surface area (Å²) in [7, 11) is 1.61. The van der Waals surface area contributed by atoms with Gasteiger partial charge in [0, 0.05) is 18.3 Å². The second kappa shape index (κ2) is 8.92. The number of nitrogens with zero attached hydrogens (tertiary/aromatic N) is 2. The van der Waals surface area contributed by atoms with Gasteiger partial charge in [-0.2, -0.15) is 0 Å². The molecule has 6 nitrogen and oxygen atoms in total. The number of rotatable bonds is 1. The molecule has 1 aliphatic heterocycles. The van der Waals surface area contributed by atoms with Crippen LogP contribution in [0.2, 0.25) is 0 Å². The molecule has 0 fully saturated rings. The van der Waals surface area contributed by atoms with Gasteiger partial charge in [-0.25, -0.2) is 14.4 Å². The summed E-state index contributed by atoms with van der Waals surface area (Å²) in [5, 5.41) is 7.51. The normalized spacial score (nSPS) is 15.0. The van der Waals surface area contributed by atoms with Crippen molar-refractivity contribution in [3.05, 3.63) is 46.4 Å². The number of aromatic nitrogens is 2. The molecule has 0 amide bonds. The fourth-order valence-electron chi connectivity index (χ4n) is 3.37. The topological polar surface area (TPSA) is 68.3 Å². The predicted molar refractivity (Wildman–Crippen MR) is 115 cm³/mol. The smallest absolute Gasteiger partial charge is 0.148 e. The molecule has 1 aliphatic rings. The van der Waals surface area contributed by atoms with Crippen LogP contribution in [-0.4, -0.2) is 30.2 Å². The Hall–Kier alpha value is -2.45. The summed E-state index contributed by atoms with van der Waals surface area (Å²) in [6.45, 7) is 2.04. The first-order valence-electron chi connectivity index (χ1n) is 9.57. The van der Waals surface area contributed by atoms with E-state index in [1.54, 1.807) is 13.2 Å². The van der Waals surface area contributed by atoms with Gasteiger partial charge in [0.05, 0.1) is 23.6 Å². The maximum Gasteiger partial charge on any atom is 0.148 e. The van der Waals surface area contributed by atoms with Gasteiger partial charge in [-0.1, -0.05) is 0 Å². The lowest BCUT2D eigenvalue weighted by Crippen LogP contribution is -2.16. The highest BCUT2D eigenvalue weighted by molar-refractivity contribution is 9.10. The van der Waals surface area contributed by atoms with Gasteiger partial charge in [0.25, 0.3) is 0 Å². The van der Waals surface area contributed by atoms with E-state index in [1.165, 1.54) is 12.4 Å². The van der Waals surface area contributed by atoms with Crippen LogP contribution in [0.15, 0.2) is 35.1 Å². The van der Waals surface area contributed by atoms with Gasteiger partial charge >= 0.3 is 0 Å². The Kier molecular flexibility index (Phi) is 6.10. The Labute approximate surface area is 177 Å². The van der Waals surface area contributed by atoms with E-state index in [4.69, 9.17) is 9.47 Å². The standard InChI is InChI=1S/C21H22BrFN4O2/c1-28-19-9-14-8-15-20(19)25-12-26-21(15)27-18-10-16(22)17(23)7-13(18)11-24-5-3-2-4-6-29-14/h7-10,12,24H,2-6,11H2,1H3,(H,25,26,27). The molecule has 2 bridgehead atoms. The van der Waals surface area contributed by atoms with Crippen LogP contribution in [0, 0.1) is 5.82 Å². The van der Waals surface area contributed by atoms with E-state index in [2.05, 4.69) is 36.5 Å². The van der Waals surface area contributed by atoms with Crippen LogP contribution in [0.1, 0.15) is 24.8 Å². The number of nitrogens with one attached hydrogen (secondary N) is 2. The van der Waals surface area contributed by atoms with Crippen molar-refractivity contribution >= 4 is 38.3 Å². The molecular weight excluding hydrogens is 439 g/mol. The Balaban J connectivity index is 1.84. The number of fused-ring (bicyclic) bond motifs is 2. The minimum Gasteiger partial charge on any atom is -0.494 e. The minimum atomic E-state index is -0.296. The molecule has 0 unspecified atom stereocenters. The van der Waals surface area contributed by atoms with Gasteiger partial charge in [0.15, 0.2) is 0 Å². The highest BCUT2D eigenvalue weighted by Crippen LogP contribution is 2.35. The third kappa shape index (κ3) is 4.43. The first kappa shape index (κ1) is 19.8. The van der Waals surface area contributed by atoms with Crippen molar-refractivity contribution in [2.24, 2.45) is 0 Å². The highest BCUT2D eigenvalue weighted by Gasteiger charge is 2.15. The van der Waals surface area contributed by atoms with Gasteiger partial charge < -0.3 is 20.1 Å². The summed E-state index contributed by atoms with van der Waals surface area (Å²) in [4.78, 5) is 8.80. The number of methoxy groups -OCH3 is 1. The molecule has 1 aromatic heterocycles. The van der Waals surface area contributed by atoms with Crippen molar-refractivity contribution < 1.29 is 13.9 Å². The molecule has 2 aromatic carbocycles. The summed E-state index contributed by atoms with van der Waals surface area (Å²) in [5.74, 6) is 1.64. The zero-order valence-electron chi connectivity index (χ0n) is 16.1. The fourth-order valence-corrected chi connectivity index (χ4v) is 3.71. The second-order valence-electron chi connectivity index (χ2n) is 6.88. The molecule has 8 heteroatoms. The molecule has 2 N–H and O–H groups in total. The number of ether oxygens (including phenoxy) is 2. The second-order valence-corrected chi connectivity index (χ2v) is 7.73. The largest absolute Gasteiger partial charge is 0.494 e. The first-order chi connectivity index (χ1) is 14.2. The van der Waals surface area contributed by atoms with E-state index >= 15 is 0 Å². The number of hydrogen-bond acceptors (Lipinski definition) is 6. The number of halogens is 2. The summed E-state index contributed by atoms with van der Waals surface area (Å²) >= 11 is 3.28. The van der Waals surface area contributed by atoms with E-state index in [-0.39, 0.29) is 5.82 Å². The van der Waals surface area contributed by atoms with E-state index in [9.17, 15) is 4.39 Å². The van der Waals surface area contributed by atoms with Crippen LogP contribution < -0.4 is 20.1 Å².